The number of amides is 2. The molecule has 0 fully saturated rings. The minimum absolute atomic E-state index is 0.0759. The molecule has 2 amide bonds. The summed E-state index contributed by atoms with van der Waals surface area (Å²) in [7, 11) is 0. The van der Waals surface area contributed by atoms with Crippen molar-refractivity contribution in [2.45, 2.75) is 34.1 Å². The molecule has 0 saturated heterocycles. The fraction of sp³-hybridized carbons (Fsp3) is 0.471. The van der Waals surface area contributed by atoms with Crippen LogP contribution in [0.3, 0.4) is 0 Å². The van der Waals surface area contributed by atoms with Crippen molar-refractivity contribution in [1.29, 1.82) is 0 Å². The van der Waals surface area contributed by atoms with E-state index in [1.165, 1.54) is 13.8 Å². The monoisotopic (exact) mass is 398 g/mol. The van der Waals surface area contributed by atoms with Gasteiger partial charge in [0.15, 0.2) is 12.4 Å². The van der Waals surface area contributed by atoms with E-state index in [0.29, 0.717) is 10.4 Å². The fourth-order valence-electron chi connectivity index (χ4n) is 2.11. The van der Waals surface area contributed by atoms with Crippen LogP contribution in [-0.2, 0) is 23.9 Å². The van der Waals surface area contributed by atoms with Gasteiger partial charge < -0.3 is 20.1 Å². The number of nitrogens with one attached hydrogen (secondary N) is 2. The molecule has 2 N–H and O–H groups in total. The fourth-order valence-corrected chi connectivity index (χ4v) is 3.21. The number of hydrogen-bond acceptors (Lipinski definition) is 8. The maximum atomic E-state index is 12.1. The van der Waals surface area contributed by atoms with Gasteiger partial charge in [0.25, 0.3) is 5.91 Å². The summed E-state index contributed by atoms with van der Waals surface area (Å²) in [6.45, 7) is 5.60. The molecule has 0 aromatic carbocycles. The van der Waals surface area contributed by atoms with E-state index >= 15 is 0 Å². The minimum Gasteiger partial charge on any atom is -0.462 e. The van der Waals surface area contributed by atoms with E-state index < -0.39 is 24.5 Å². The Labute approximate surface area is 160 Å². The largest absolute Gasteiger partial charge is 0.462 e. The Kier molecular flexibility index (Phi) is 8.60. The molecule has 0 bridgehead atoms. The van der Waals surface area contributed by atoms with Crippen LogP contribution < -0.4 is 10.6 Å². The number of esters is 2. The molecule has 148 valence electrons. The predicted molar refractivity (Wildman–Crippen MR) is 97.9 cm³/mol. The first kappa shape index (κ1) is 22.3. The van der Waals surface area contributed by atoms with Gasteiger partial charge in [-0.3, -0.25) is 19.2 Å². The zero-order valence-corrected chi connectivity index (χ0v) is 16.4. The second kappa shape index (κ2) is 10.4. The van der Waals surface area contributed by atoms with Gasteiger partial charge in [-0.15, -0.1) is 11.3 Å². The summed E-state index contributed by atoms with van der Waals surface area (Å²) in [5.74, 6) is -2.49. The van der Waals surface area contributed by atoms with Crippen molar-refractivity contribution in [1.82, 2.24) is 5.32 Å². The third kappa shape index (κ3) is 6.81. The van der Waals surface area contributed by atoms with Crippen LogP contribution in [0.15, 0.2) is 0 Å². The molecule has 1 aromatic rings. The normalized spacial score (nSPS) is 10.1. The second-order valence-corrected chi connectivity index (χ2v) is 6.50. The van der Waals surface area contributed by atoms with E-state index in [1.807, 2.05) is 0 Å². The van der Waals surface area contributed by atoms with E-state index in [0.717, 1.165) is 11.3 Å². The van der Waals surface area contributed by atoms with Crippen molar-refractivity contribution in [2.75, 3.05) is 25.1 Å². The Bertz CT molecular complexity index is 755. The van der Waals surface area contributed by atoms with Crippen molar-refractivity contribution >= 4 is 45.9 Å². The summed E-state index contributed by atoms with van der Waals surface area (Å²) < 4.78 is 9.78. The lowest BCUT2D eigenvalue weighted by molar-refractivity contribution is -0.147. The topological polar surface area (TPSA) is 128 Å². The number of thiophene rings is 1. The van der Waals surface area contributed by atoms with Crippen molar-refractivity contribution in [3.63, 3.8) is 0 Å². The molecule has 0 spiro atoms. The Balaban J connectivity index is 2.76. The average molecular weight is 398 g/mol. The molecule has 0 aliphatic heterocycles. The smallest absolute Gasteiger partial charge is 0.341 e. The first-order chi connectivity index (χ1) is 12.7. The van der Waals surface area contributed by atoms with Crippen LogP contribution in [0.1, 0.15) is 52.8 Å². The number of anilines is 1. The molecule has 27 heavy (non-hydrogen) atoms. The van der Waals surface area contributed by atoms with Gasteiger partial charge in [-0.05, 0) is 26.3 Å². The first-order valence-electron chi connectivity index (χ1n) is 8.18. The maximum Gasteiger partial charge on any atom is 0.341 e. The van der Waals surface area contributed by atoms with E-state index in [9.17, 15) is 24.0 Å². The molecule has 9 nitrogen and oxygen atoms in total. The SMILES string of the molecule is CCOC(=O)c1c(NC(=O)COC(=O)CCNC(C)=O)sc(C(C)=O)c1C. The third-order valence-corrected chi connectivity index (χ3v) is 4.57. The van der Waals surface area contributed by atoms with Gasteiger partial charge in [-0.25, -0.2) is 4.79 Å². The third-order valence-electron chi connectivity index (χ3n) is 3.27. The van der Waals surface area contributed by atoms with Gasteiger partial charge in [0, 0.05) is 13.5 Å². The molecule has 1 rings (SSSR count). The highest BCUT2D eigenvalue weighted by atomic mass is 32.1. The van der Waals surface area contributed by atoms with Gasteiger partial charge in [-0.2, -0.15) is 0 Å². The minimum atomic E-state index is -0.662. The summed E-state index contributed by atoms with van der Waals surface area (Å²) in [5, 5.41) is 5.07. The average Bonchev–Trinajstić information content (AvgIpc) is 2.89. The molecule has 0 radical (unpaired) electrons. The van der Waals surface area contributed by atoms with Crippen molar-refractivity contribution < 1.29 is 33.4 Å². The summed E-state index contributed by atoms with van der Waals surface area (Å²) in [6.07, 6.45) is -0.0759. The molecular formula is C17H22N2O7S. The molecule has 0 aliphatic rings. The number of rotatable bonds is 9. The Morgan fingerprint density at radius 3 is 2.30 bits per heavy atom. The Morgan fingerprint density at radius 2 is 1.74 bits per heavy atom. The molecule has 0 unspecified atom stereocenters. The van der Waals surface area contributed by atoms with Crippen molar-refractivity contribution in [3.8, 4) is 0 Å². The van der Waals surface area contributed by atoms with Gasteiger partial charge in [0.05, 0.1) is 23.5 Å². The number of carbonyl (C=O) groups excluding carboxylic acids is 5. The van der Waals surface area contributed by atoms with Gasteiger partial charge in [0.2, 0.25) is 5.91 Å². The van der Waals surface area contributed by atoms with Crippen LogP contribution in [0.25, 0.3) is 0 Å². The number of ether oxygens (including phenoxy) is 2. The van der Waals surface area contributed by atoms with Crippen LogP contribution in [0, 0.1) is 6.92 Å². The standard InChI is InChI=1S/C17H22N2O7S/c1-5-25-17(24)14-9(2)15(10(3)20)27-16(14)19-12(22)8-26-13(23)6-7-18-11(4)21/h5-8H2,1-4H3,(H,18,21)(H,19,22). The molecule has 10 heteroatoms. The Hall–Kier alpha value is -2.75. The van der Waals surface area contributed by atoms with Crippen LogP contribution in [0.2, 0.25) is 0 Å². The highest BCUT2D eigenvalue weighted by Gasteiger charge is 2.25. The lowest BCUT2D eigenvalue weighted by Gasteiger charge is -2.08. The van der Waals surface area contributed by atoms with Crippen LogP contribution in [0.5, 0.6) is 0 Å². The van der Waals surface area contributed by atoms with Gasteiger partial charge >= 0.3 is 11.9 Å². The quantitative estimate of drug-likeness (QED) is 0.476. The number of hydrogen-bond donors (Lipinski definition) is 2. The van der Waals surface area contributed by atoms with Gasteiger partial charge in [-0.1, -0.05) is 0 Å². The lowest BCUT2D eigenvalue weighted by Crippen LogP contribution is -2.26. The predicted octanol–water partition coefficient (Wildman–Crippen LogP) is 1.44. The van der Waals surface area contributed by atoms with E-state index in [1.54, 1.807) is 13.8 Å². The first-order valence-corrected chi connectivity index (χ1v) is 9.00. The molecule has 1 aromatic heterocycles. The molecule has 0 aliphatic carbocycles. The van der Waals surface area contributed by atoms with E-state index in [4.69, 9.17) is 9.47 Å². The molecule has 0 atom stereocenters. The van der Waals surface area contributed by atoms with E-state index in [-0.39, 0.29) is 41.8 Å². The second-order valence-electron chi connectivity index (χ2n) is 5.48. The van der Waals surface area contributed by atoms with Gasteiger partial charge in [0.1, 0.15) is 5.00 Å². The summed E-state index contributed by atoms with van der Waals surface area (Å²) in [6, 6.07) is 0. The zero-order chi connectivity index (χ0) is 20.6. The number of Topliss-reactive ketones (excluding diaryl/α,β-unsaturated/α-hetero) is 1. The summed E-state index contributed by atoms with van der Waals surface area (Å²) in [4.78, 5) is 58.5. The van der Waals surface area contributed by atoms with Crippen LogP contribution in [-0.4, -0.2) is 49.3 Å². The number of ketones is 1. The summed E-state index contributed by atoms with van der Waals surface area (Å²) in [5.41, 5.74) is 0.533. The number of carbonyl (C=O) groups is 5. The summed E-state index contributed by atoms with van der Waals surface area (Å²) >= 11 is 0.958. The lowest BCUT2D eigenvalue weighted by atomic mass is 10.1. The maximum absolute atomic E-state index is 12.1. The highest BCUT2D eigenvalue weighted by molar-refractivity contribution is 7.18. The Morgan fingerprint density at radius 1 is 1.07 bits per heavy atom. The van der Waals surface area contributed by atoms with Crippen molar-refractivity contribution in [2.24, 2.45) is 0 Å². The molecular weight excluding hydrogens is 376 g/mol. The molecule has 1 heterocycles. The van der Waals surface area contributed by atoms with E-state index in [2.05, 4.69) is 10.6 Å². The zero-order valence-electron chi connectivity index (χ0n) is 15.6. The highest BCUT2D eigenvalue weighted by Crippen LogP contribution is 2.34. The van der Waals surface area contributed by atoms with Crippen molar-refractivity contribution in [3.05, 3.63) is 16.0 Å². The molecule has 0 saturated carbocycles. The van der Waals surface area contributed by atoms with Crippen LogP contribution in [0.4, 0.5) is 5.00 Å². The van der Waals surface area contributed by atoms with Crippen LogP contribution >= 0.6 is 11.3 Å².